The van der Waals surface area contributed by atoms with Gasteiger partial charge in [0.1, 0.15) is 0 Å². The van der Waals surface area contributed by atoms with E-state index in [-0.39, 0.29) is 0 Å². The Bertz CT molecular complexity index is 191. The summed E-state index contributed by atoms with van der Waals surface area (Å²) < 4.78 is 20.1. The van der Waals surface area contributed by atoms with Crippen LogP contribution in [0.1, 0.15) is 6.92 Å². The van der Waals surface area contributed by atoms with Crippen molar-refractivity contribution >= 4 is 15.1 Å². The summed E-state index contributed by atoms with van der Waals surface area (Å²) >= 11 is 0. The highest BCUT2D eigenvalue weighted by atomic mass is 32.2. The van der Waals surface area contributed by atoms with Gasteiger partial charge in [0.15, 0.2) is 5.04 Å². The highest BCUT2D eigenvalue weighted by molar-refractivity contribution is 8.04. The van der Waals surface area contributed by atoms with E-state index in [9.17, 15) is 8.42 Å². The molecule has 0 saturated carbocycles. The predicted octanol–water partition coefficient (Wildman–Crippen LogP) is -0.917. The van der Waals surface area contributed by atoms with Gasteiger partial charge in [-0.15, -0.1) is 0 Å². The second-order valence-corrected chi connectivity index (χ2v) is 2.84. The molecule has 0 spiro atoms. The van der Waals surface area contributed by atoms with Crippen LogP contribution in [-0.4, -0.2) is 18.7 Å². The molecule has 0 aromatic carbocycles. The lowest BCUT2D eigenvalue weighted by Gasteiger charge is -1.88. The molecule has 0 rings (SSSR count). The van der Waals surface area contributed by atoms with Gasteiger partial charge in [-0.2, -0.15) is 0 Å². The highest BCUT2D eigenvalue weighted by Crippen LogP contribution is 1.80. The van der Waals surface area contributed by atoms with Crippen molar-refractivity contribution in [2.45, 2.75) is 6.92 Å². The van der Waals surface area contributed by atoms with E-state index in [2.05, 4.69) is 10.3 Å². The molecule has 0 unspecified atom stereocenters. The summed E-state index contributed by atoms with van der Waals surface area (Å²) in [5, 5.41) is 14.1. The number of sulfonamides is 1. The fourth-order valence-corrected chi connectivity index (χ4v) is 0.171. The third kappa shape index (κ3) is 1.90. The van der Waals surface area contributed by atoms with E-state index in [4.69, 9.17) is 5.21 Å². The second kappa shape index (κ2) is 2.10. The van der Waals surface area contributed by atoms with Gasteiger partial charge in [-0.05, 0) is 6.92 Å². The molecule has 0 amide bonds. The summed E-state index contributed by atoms with van der Waals surface area (Å²) in [5.74, 6) is 0. The first-order valence-corrected chi connectivity index (χ1v) is 3.24. The molecule has 0 aliphatic heterocycles. The molecule has 3 N–H and O–H groups in total. The zero-order chi connectivity index (χ0) is 6.78. The summed E-state index contributed by atoms with van der Waals surface area (Å²) in [6.07, 6.45) is 0. The molecule has 0 heterocycles. The lowest BCUT2D eigenvalue weighted by atomic mass is 10.9. The van der Waals surface area contributed by atoms with Gasteiger partial charge >= 0.3 is 0 Å². The molecule has 0 atom stereocenters. The Morgan fingerprint density at radius 3 is 2.12 bits per heavy atom. The third-order valence-corrected chi connectivity index (χ3v) is 1.46. The monoisotopic (exact) mass is 138 g/mol. The van der Waals surface area contributed by atoms with Crippen LogP contribution in [0.15, 0.2) is 5.16 Å². The van der Waals surface area contributed by atoms with E-state index in [1.807, 2.05) is 0 Å². The Morgan fingerprint density at radius 2 is 2.12 bits per heavy atom. The first-order valence-electron chi connectivity index (χ1n) is 1.70. The quantitative estimate of drug-likeness (QED) is 0.196. The second-order valence-electron chi connectivity index (χ2n) is 1.16. The Labute approximate surface area is 46.8 Å². The van der Waals surface area contributed by atoms with Gasteiger partial charge in [0, 0.05) is 0 Å². The maximum atomic E-state index is 10.0. The third-order valence-electron chi connectivity index (χ3n) is 0.553. The molecular weight excluding hydrogens is 132 g/mol. The van der Waals surface area contributed by atoms with Crippen molar-refractivity contribution in [3.05, 3.63) is 0 Å². The van der Waals surface area contributed by atoms with Crippen LogP contribution in [0.3, 0.4) is 0 Å². The Kier molecular flexibility index (Phi) is 1.94. The van der Waals surface area contributed by atoms with Crippen molar-refractivity contribution < 1.29 is 13.6 Å². The summed E-state index contributed by atoms with van der Waals surface area (Å²) in [6.45, 7) is 1.09. The van der Waals surface area contributed by atoms with E-state index in [1.165, 1.54) is 0 Å². The van der Waals surface area contributed by atoms with E-state index in [1.54, 1.807) is 0 Å². The molecule has 0 saturated heterocycles. The first-order chi connectivity index (χ1) is 3.48. The number of nitrogens with two attached hydrogens (primary N) is 1. The highest BCUT2D eigenvalue weighted by Gasteiger charge is 2.05. The normalized spacial score (nSPS) is 14.0. The van der Waals surface area contributed by atoms with Crippen LogP contribution in [0, 0.1) is 0 Å². The molecule has 48 valence electrons. The van der Waals surface area contributed by atoms with Crippen molar-refractivity contribution in [2.75, 3.05) is 0 Å². The SMILES string of the molecule is CC(=NO)S(N)(=O)=O. The predicted molar refractivity (Wildman–Crippen MR) is 28.0 cm³/mol. The number of hydrogen-bond donors (Lipinski definition) is 2. The standard InChI is InChI=1S/C2H6N2O3S/c1-2(4-5)8(3,6)7/h5H,1H3,(H2,3,6,7). The summed E-state index contributed by atoms with van der Waals surface area (Å²) in [6, 6.07) is 0. The minimum Gasteiger partial charge on any atom is -0.410 e. The number of oxime groups is 1. The number of primary sulfonamides is 1. The molecule has 6 heteroatoms. The zero-order valence-corrected chi connectivity index (χ0v) is 5.01. The van der Waals surface area contributed by atoms with Crippen LogP contribution in [0.2, 0.25) is 0 Å². The maximum Gasteiger partial charge on any atom is 0.254 e. The molecule has 0 fully saturated rings. The van der Waals surface area contributed by atoms with E-state index in [0.717, 1.165) is 6.92 Å². The van der Waals surface area contributed by atoms with Gasteiger partial charge in [-0.1, -0.05) is 5.16 Å². The number of nitrogens with zero attached hydrogens (tertiary/aromatic N) is 1. The minimum atomic E-state index is -3.75. The van der Waals surface area contributed by atoms with Crippen LogP contribution >= 0.6 is 0 Å². The van der Waals surface area contributed by atoms with Crippen LogP contribution < -0.4 is 5.14 Å². The van der Waals surface area contributed by atoms with Crippen LogP contribution in [0.4, 0.5) is 0 Å². The average Bonchev–Trinajstić information content (AvgIpc) is 1.62. The van der Waals surface area contributed by atoms with Gasteiger partial charge in [0.25, 0.3) is 10.0 Å². The lowest BCUT2D eigenvalue weighted by molar-refractivity contribution is 0.320. The van der Waals surface area contributed by atoms with Crippen molar-refractivity contribution in [3.63, 3.8) is 0 Å². The zero-order valence-electron chi connectivity index (χ0n) is 4.20. The number of rotatable bonds is 0. The topological polar surface area (TPSA) is 92.8 Å². The molecule has 5 nitrogen and oxygen atoms in total. The van der Waals surface area contributed by atoms with Crippen molar-refractivity contribution in [2.24, 2.45) is 10.3 Å². The smallest absolute Gasteiger partial charge is 0.254 e. The van der Waals surface area contributed by atoms with Gasteiger partial charge in [0.2, 0.25) is 0 Å². The van der Waals surface area contributed by atoms with Gasteiger partial charge in [0.05, 0.1) is 0 Å². The van der Waals surface area contributed by atoms with Crippen LogP contribution in [0.25, 0.3) is 0 Å². The van der Waals surface area contributed by atoms with Gasteiger partial charge in [-0.3, -0.25) is 0 Å². The Morgan fingerprint density at radius 1 is 1.75 bits per heavy atom. The minimum absolute atomic E-state index is 0.488. The molecule has 0 aromatic rings. The van der Waals surface area contributed by atoms with Crippen molar-refractivity contribution in [1.82, 2.24) is 0 Å². The Hall–Kier alpha value is -0.620. The van der Waals surface area contributed by atoms with Crippen LogP contribution in [0.5, 0.6) is 0 Å². The molecule has 8 heavy (non-hydrogen) atoms. The van der Waals surface area contributed by atoms with Crippen molar-refractivity contribution in [3.8, 4) is 0 Å². The first kappa shape index (κ1) is 7.38. The lowest BCUT2D eigenvalue weighted by Crippen LogP contribution is -2.20. The molecule has 0 aliphatic rings. The largest absolute Gasteiger partial charge is 0.410 e. The summed E-state index contributed by atoms with van der Waals surface area (Å²) in [5.41, 5.74) is 0. The molecule has 0 aromatic heterocycles. The molecule has 0 aliphatic carbocycles. The van der Waals surface area contributed by atoms with Crippen molar-refractivity contribution in [1.29, 1.82) is 0 Å². The van der Waals surface area contributed by atoms with Gasteiger partial charge in [-0.25, -0.2) is 13.6 Å². The fraction of sp³-hybridized carbons (Fsp3) is 0.500. The van der Waals surface area contributed by atoms with E-state index in [0.29, 0.717) is 0 Å². The van der Waals surface area contributed by atoms with Gasteiger partial charge < -0.3 is 5.21 Å². The van der Waals surface area contributed by atoms with E-state index < -0.39 is 15.1 Å². The molecular formula is C2H6N2O3S. The Balaban J connectivity index is 4.55. The fourth-order valence-electron chi connectivity index (χ4n) is 0.0569. The molecule has 0 bridgehead atoms. The average molecular weight is 138 g/mol. The summed E-state index contributed by atoms with van der Waals surface area (Å²) in [7, 11) is -3.75. The van der Waals surface area contributed by atoms with E-state index >= 15 is 0 Å². The van der Waals surface area contributed by atoms with Crippen LogP contribution in [-0.2, 0) is 10.0 Å². The molecule has 0 radical (unpaired) electrons. The summed E-state index contributed by atoms with van der Waals surface area (Å²) in [4.78, 5) is 0. The number of hydrogen-bond acceptors (Lipinski definition) is 4. The maximum absolute atomic E-state index is 10.0.